The first kappa shape index (κ1) is 11.5. The third kappa shape index (κ3) is 2.20. The fourth-order valence-corrected chi connectivity index (χ4v) is 3.19. The molecule has 0 radical (unpaired) electrons. The highest BCUT2D eigenvalue weighted by molar-refractivity contribution is 5.84. The minimum atomic E-state index is 0.0926. The first-order valence-electron chi connectivity index (χ1n) is 7.07. The molecule has 3 aliphatic rings. The lowest BCUT2D eigenvalue weighted by molar-refractivity contribution is -0.130. The van der Waals surface area contributed by atoms with Gasteiger partial charge in [0.2, 0.25) is 5.91 Å². The number of hydrogen-bond donors (Lipinski definition) is 1. The maximum absolute atomic E-state index is 12.2. The average molecular weight is 237 g/mol. The first-order valence-corrected chi connectivity index (χ1v) is 7.07. The summed E-state index contributed by atoms with van der Waals surface area (Å²) >= 11 is 0. The predicted molar refractivity (Wildman–Crippen MR) is 66.5 cm³/mol. The Morgan fingerprint density at radius 2 is 2.12 bits per heavy atom. The van der Waals surface area contributed by atoms with Gasteiger partial charge in [0.05, 0.1) is 12.7 Å². The van der Waals surface area contributed by atoms with Crippen LogP contribution in [0.25, 0.3) is 0 Å². The minimum Gasteiger partial charge on any atom is -0.324 e. The van der Waals surface area contributed by atoms with Gasteiger partial charge in [-0.15, -0.1) is 0 Å². The second kappa shape index (κ2) is 4.58. The molecule has 3 fully saturated rings. The number of nitrogens with zero attached hydrogens (tertiary/aromatic N) is 2. The summed E-state index contributed by atoms with van der Waals surface area (Å²) in [6.45, 7) is 5.21. The highest BCUT2D eigenvalue weighted by Crippen LogP contribution is 2.31. The highest BCUT2D eigenvalue weighted by Gasteiger charge is 2.41. The van der Waals surface area contributed by atoms with Gasteiger partial charge < -0.3 is 4.90 Å². The average Bonchev–Trinajstić information content (AvgIpc) is 2.96. The van der Waals surface area contributed by atoms with E-state index in [-0.39, 0.29) is 6.04 Å². The zero-order valence-corrected chi connectivity index (χ0v) is 10.7. The van der Waals surface area contributed by atoms with Crippen LogP contribution in [0, 0.1) is 0 Å². The van der Waals surface area contributed by atoms with E-state index in [1.54, 1.807) is 0 Å². The number of carbonyl (C=O) groups is 1. The third-order valence-corrected chi connectivity index (χ3v) is 4.37. The molecule has 96 valence electrons. The number of nitrogens with one attached hydrogen (secondary N) is 1. The van der Waals surface area contributed by atoms with Crippen molar-refractivity contribution in [1.82, 2.24) is 15.1 Å². The van der Waals surface area contributed by atoms with Crippen LogP contribution in [0.3, 0.4) is 0 Å². The van der Waals surface area contributed by atoms with Crippen LogP contribution < -0.4 is 5.32 Å². The molecule has 0 spiro atoms. The number of carbonyl (C=O) groups excluding carboxylic acids is 1. The van der Waals surface area contributed by atoms with Crippen molar-refractivity contribution < 1.29 is 4.79 Å². The summed E-state index contributed by atoms with van der Waals surface area (Å²) in [5, 5.41) is 3.35. The summed E-state index contributed by atoms with van der Waals surface area (Å²) < 4.78 is 0. The largest absolute Gasteiger partial charge is 0.324 e. The molecule has 2 heterocycles. The fraction of sp³-hybridized carbons (Fsp3) is 0.923. The summed E-state index contributed by atoms with van der Waals surface area (Å²) in [5.41, 5.74) is 0. The molecule has 2 aliphatic heterocycles. The molecule has 4 heteroatoms. The van der Waals surface area contributed by atoms with E-state index in [1.165, 1.54) is 25.8 Å². The van der Waals surface area contributed by atoms with Crippen molar-refractivity contribution in [3.8, 4) is 0 Å². The van der Waals surface area contributed by atoms with Crippen LogP contribution in [0.15, 0.2) is 0 Å². The van der Waals surface area contributed by atoms with Crippen LogP contribution in [0.4, 0.5) is 0 Å². The van der Waals surface area contributed by atoms with E-state index in [4.69, 9.17) is 0 Å². The Morgan fingerprint density at radius 3 is 2.82 bits per heavy atom. The van der Waals surface area contributed by atoms with E-state index < -0.39 is 0 Å². The molecule has 17 heavy (non-hydrogen) atoms. The molecule has 2 atom stereocenters. The maximum atomic E-state index is 12.2. The van der Waals surface area contributed by atoms with Gasteiger partial charge in [-0.1, -0.05) is 13.3 Å². The summed E-state index contributed by atoms with van der Waals surface area (Å²) in [7, 11) is 0. The van der Waals surface area contributed by atoms with E-state index in [2.05, 4.69) is 22.0 Å². The van der Waals surface area contributed by atoms with Crippen LogP contribution in [0.5, 0.6) is 0 Å². The minimum absolute atomic E-state index is 0.0926. The van der Waals surface area contributed by atoms with E-state index in [0.717, 1.165) is 32.1 Å². The van der Waals surface area contributed by atoms with Crippen molar-refractivity contribution in [2.24, 2.45) is 0 Å². The zero-order chi connectivity index (χ0) is 11.8. The number of hydrogen-bond acceptors (Lipinski definition) is 3. The van der Waals surface area contributed by atoms with Crippen molar-refractivity contribution >= 4 is 5.91 Å². The van der Waals surface area contributed by atoms with E-state index >= 15 is 0 Å². The van der Waals surface area contributed by atoms with E-state index in [9.17, 15) is 4.79 Å². The molecule has 1 amide bonds. The monoisotopic (exact) mass is 237 g/mol. The standard InChI is InChI=1S/C13H23N3O/c1-2-3-12-13(17)16(9-14-12)11-6-7-15(8-11)10-4-5-10/h10-12,14H,2-9H2,1H3. The van der Waals surface area contributed by atoms with Gasteiger partial charge in [-0.3, -0.25) is 15.0 Å². The Hall–Kier alpha value is -0.610. The lowest BCUT2D eigenvalue weighted by Gasteiger charge is -2.24. The lowest BCUT2D eigenvalue weighted by Crippen LogP contribution is -2.40. The van der Waals surface area contributed by atoms with E-state index in [1.807, 2.05) is 0 Å². The second-order valence-electron chi connectivity index (χ2n) is 5.68. The molecule has 2 saturated heterocycles. The molecular weight excluding hydrogens is 214 g/mol. The Labute approximate surface area is 103 Å². The number of rotatable bonds is 4. The smallest absolute Gasteiger partial charge is 0.241 e. The Kier molecular flexibility index (Phi) is 3.09. The van der Waals surface area contributed by atoms with Crippen molar-refractivity contribution in [2.45, 2.75) is 57.2 Å². The van der Waals surface area contributed by atoms with Crippen molar-refractivity contribution in [1.29, 1.82) is 0 Å². The zero-order valence-electron chi connectivity index (χ0n) is 10.7. The van der Waals surface area contributed by atoms with Gasteiger partial charge in [0.1, 0.15) is 0 Å². The molecule has 0 aromatic heterocycles. The molecule has 0 aromatic rings. The van der Waals surface area contributed by atoms with Crippen LogP contribution >= 0.6 is 0 Å². The summed E-state index contributed by atoms with van der Waals surface area (Å²) in [5.74, 6) is 0.342. The van der Waals surface area contributed by atoms with Gasteiger partial charge in [0.25, 0.3) is 0 Å². The van der Waals surface area contributed by atoms with Crippen LogP contribution in [-0.4, -0.2) is 53.6 Å². The quantitative estimate of drug-likeness (QED) is 0.785. The predicted octanol–water partition coefficient (Wildman–Crippen LogP) is 0.781. The SMILES string of the molecule is CCCC1NCN(C2CCN(C3CC3)C2)C1=O. The van der Waals surface area contributed by atoms with Crippen LogP contribution in [0.1, 0.15) is 39.0 Å². The van der Waals surface area contributed by atoms with Gasteiger partial charge in [0, 0.05) is 25.2 Å². The normalized spacial score (nSPS) is 34.9. The van der Waals surface area contributed by atoms with Gasteiger partial charge in [-0.25, -0.2) is 0 Å². The number of likely N-dealkylation sites (tertiary alicyclic amines) is 1. The van der Waals surface area contributed by atoms with Crippen molar-refractivity contribution in [2.75, 3.05) is 19.8 Å². The summed E-state index contributed by atoms with van der Waals surface area (Å²) in [4.78, 5) is 16.9. The van der Waals surface area contributed by atoms with Gasteiger partial charge in [-0.2, -0.15) is 0 Å². The molecule has 2 unspecified atom stereocenters. The van der Waals surface area contributed by atoms with Crippen molar-refractivity contribution in [3.63, 3.8) is 0 Å². The topological polar surface area (TPSA) is 35.6 Å². The molecule has 4 nitrogen and oxygen atoms in total. The van der Waals surface area contributed by atoms with Crippen LogP contribution in [-0.2, 0) is 4.79 Å². The van der Waals surface area contributed by atoms with Gasteiger partial charge in [0.15, 0.2) is 0 Å². The third-order valence-electron chi connectivity index (χ3n) is 4.37. The first-order chi connectivity index (χ1) is 8.29. The maximum Gasteiger partial charge on any atom is 0.241 e. The fourth-order valence-electron chi connectivity index (χ4n) is 3.19. The molecule has 3 rings (SSSR count). The summed E-state index contributed by atoms with van der Waals surface area (Å²) in [6, 6.07) is 1.41. The van der Waals surface area contributed by atoms with Crippen molar-refractivity contribution in [3.05, 3.63) is 0 Å². The Bertz CT molecular complexity index is 303. The molecule has 1 saturated carbocycles. The highest BCUT2D eigenvalue weighted by atomic mass is 16.2. The Balaban J connectivity index is 1.56. The van der Waals surface area contributed by atoms with Gasteiger partial charge in [-0.05, 0) is 25.7 Å². The lowest BCUT2D eigenvalue weighted by atomic mass is 10.1. The molecule has 1 aliphatic carbocycles. The molecule has 0 aromatic carbocycles. The second-order valence-corrected chi connectivity index (χ2v) is 5.68. The molecule has 0 bridgehead atoms. The van der Waals surface area contributed by atoms with Crippen LogP contribution in [0.2, 0.25) is 0 Å². The van der Waals surface area contributed by atoms with Gasteiger partial charge >= 0.3 is 0 Å². The summed E-state index contributed by atoms with van der Waals surface area (Å²) in [6.07, 6.45) is 5.97. The molecular formula is C13H23N3O. The van der Waals surface area contributed by atoms with E-state index in [0.29, 0.717) is 11.9 Å². The number of amides is 1. The Morgan fingerprint density at radius 1 is 1.29 bits per heavy atom. The molecule has 1 N–H and O–H groups in total.